The number of rotatable bonds is 4. The van der Waals surface area contributed by atoms with Gasteiger partial charge in [-0.25, -0.2) is 13.6 Å². The van der Waals surface area contributed by atoms with Crippen molar-refractivity contribution in [2.45, 2.75) is 23.8 Å². The highest BCUT2D eigenvalue weighted by molar-refractivity contribution is 7.89. The van der Waals surface area contributed by atoms with Gasteiger partial charge in [0.2, 0.25) is 10.0 Å². The van der Waals surface area contributed by atoms with Crippen LogP contribution in [0.4, 0.5) is 5.69 Å². The van der Waals surface area contributed by atoms with E-state index >= 15 is 0 Å². The Bertz CT molecular complexity index is 524. The van der Waals surface area contributed by atoms with Gasteiger partial charge < -0.3 is 15.2 Å². The van der Waals surface area contributed by atoms with E-state index in [2.05, 4.69) is 0 Å². The fourth-order valence-corrected chi connectivity index (χ4v) is 2.53. The van der Waals surface area contributed by atoms with Crippen molar-refractivity contribution in [1.82, 2.24) is 0 Å². The molecule has 1 unspecified atom stereocenters. The van der Waals surface area contributed by atoms with E-state index in [1.165, 1.54) is 6.07 Å². The summed E-state index contributed by atoms with van der Waals surface area (Å²) in [6.45, 7) is 1.10. The lowest BCUT2D eigenvalue weighted by Gasteiger charge is -2.14. The molecule has 1 aliphatic heterocycles. The number of primary sulfonamides is 1. The van der Waals surface area contributed by atoms with Crippen molar-refractivity contribution in [3.05, 3.63) is 18.2 Å². The molecule has 0 aliphatic carbocycles. The first-order valence-electron chi connectivity index (χ1n) is 5.64. The van der Waals surface area contributed by atoms with Crippen LogP contribution in [0.3, 0.4) is 0 Å². The molecule has 7 heteroatoms. The Morgan fingerprint density at radius 1 is 1.44 bits per heavy atom. The maximum Gasteiger partial charge on any atom is 0.240 e. The summed E-state index contributed by atoms with van der Waals surface area (Å²) < 4.78 is 33.5. The highest BCUT2D eigenvalue weighted by Gasteiger charge is 2.19. The molecule has 0 spiro atoms. The summed E-state index contributed by atoms with van der Waals surface area (Å²) in [5.74, 6) is 0.317. The number of nitrogen functional groups attached to an aromatic ring is 1. The molecule has 100 valence electrons. The van der Waals surface area contributed by atoms with Crippen LogP contribution in [0.15, 0.2) is 23.1 Å². The van der Waals surface area contributed by atoms with Gasteiger partial charge in [0.15, 0.2) is 0 Å². The zero-order valence-corrected chi connectivity index (χ0v) is 10.7. The van der Waals surface area contributed by atoms with E-state index in [0.29, 0.717) is 12.4 Å². The molecule has 1 saturated heterocycles. The van der Waals surface area contributed by atoms with Gasteiger partial charge in [0.25, 0.3) is 0 Å². The van der Waals surface area contributed by atoms with Gasteiger partial charge in [-0.1, -0.05) is 6.07 Å². The van der Waals surface area contributed by atoms with Crippen LogP contribution in [0.5, 0.6) is 5.75 Å². The average molecular weight is 272 g/mol. The van der Waals surface area contributed by atoms with E-state index in [9.17, 15) is 8.42 Å². The van der Waals surface area contributed by atoms with E-state index in [0.717, 1.165) is 19.4 Å². The molecule has 0 radical (unpaired) electrons. The quantitative estimate of drug-likeness (QED) is 0.775. The minimum atomic E-state index is -3.83. The molecule has 2 rings (SSSR count). The highest BCUT2D eigenvalue weighted by Crippen LogP contribution is 2.28. The van der Waals surface area contributed by atoms with Crippen LogP contribution < -0.4 is 15.6 Å². The summed E-state index contributed by atoms with van der Waals surface area (Å²) in [6, 6.07) is 4.50. The van der Waals surface area contributed by atoms with Crippen molar-refractivity contribution < 1.29 is 17.9 Å². The van der Waals surface area contributed by atoms with Crippen LogP contribution in [0, 0.1) is 0 Å². The first kappa shape index (κ1) is 13.1. The summed E-state index contributed by atoms with van der Waals surface area (Å²) in [7, 11) is -3.83. The Kier molecular flexibility index (Phi) is 3.74. The van der Waals surface area contributed by atoms with Gasteiger partial charge in [-0.2, -0.15) is 0 Å². The lowest BCUT2D eigenvalue weighted by molar-refractivity contribution is 0.0681. The van der Waals surface area contributed by atoms with E-state index in [1.807, 2.05) is 0 Å². The third-order valence-corrected chi connectivity index (χ3v) is 3.75. The van der Waals surface area contributed by atoms with Crippen LogP contribution in [0.25, 0.3) is 0 Å². The van der Waals surface area contributed by atoms with Gasteiger partial charge in [0.05, 0.1) is 11.8 Å². The predicted molar refractivity (Wildman–Crippen MR) is 66.7 cm³/mol. The molecule has 6 nitrogen and oxygen atoms in total. The Balaban J connectivity index is 2.13. The summed E-state index contributed by atoms with van der Waals surface area (Å²) >= 11 is 0. The Morgan fingerprint density at radius 3 is 2.83 bits per heavy atom. The number of sulfonamides is 1. The number of anilines is 1. The summed E-state index contributed by atoms with van der Waals surface area (Å²) in [5.41, 5.74) is 5.77. The van der Waals surface area contributed by atoms with Gasteiger partial charge in [-0.15, -0.1) is 0 Å². The van der Waals surface area contributed by atoms with E-state index in [-0.39, 0.29) is 16.7 Å². The minimum absolute atomic E-state index is 0.0398. The second-order valence-electron chi connectivity index (χ2n) is 4.16. The van der Waals surface area contributed by atoms with Crippen molar-refractivity contribution in [1.29, 1.82) is 0 Å². The number of nitrogens with two attached hydrogens (primary N) is 2. The van der Waals surface area contributed by atoms with Gasteiger partial charge in [0, 0.05) is 6.61 Å². The Hall–Kier alpha value is -1.31. The molecule has 1 aromatic carbocycles. The van der Waals surface area contributed by atoms with Gasteiger partial charge in [0.1, 0.15) is 17.3 Å². The van der Waals surface area contributed by atoms with Crippen LogP contribution in [-0.4, -0.2) is 27.7 Å². The summed E-state index contributed by atoms with van der Waals surface area (Å²) in [4.78, 5) is -0.118. The predicted octanol–water partition coefficient (Wildman–Crippen LogP) is 0.474. The lowest BCUT2D eigenvalue weighted by atomic mass is 10.2. The molecule has 18 heavy (non-hydrogen) atoms. The van der Waals surface area contributed by atoms with E-state index < -0.39 is 10.0 Å². The first-order chi connectivity index (χ1) is 8.48. The molecular formula is C11H16N2O4S. The SMILES string of the molecule is Nc1c(OCC2CCCO2)cccc1S(N)(=O)=O. The third-order valence-electron chi connectivity index (χ3n) is 2.78. The number of para-hydroxylation sites is 1. The third kappa shape index (κ3) is 2.92. The fraction of sp³-hybridized carbons (Fsp3) is 0.455. The Labute approximate surface area is 106 Å². The maximum absolute atomic E-state index is 11.3. The second kappa shape index (κ2) is 5.13. The zero-order chi connectivity index (χ0) is 13.2. The van der Waals surface area contributed by atoms with Crippen LogP contribution >= 0.6 is 0 Å². The second-order valence-corrected chi connectivity index (χ2v) is 5.69. The smallest absolute Gasteiger partial charge is 0.240 e. The maximum atomic E-state index is 11.3. The summed E-state index contributed by atoms with van der Waals surface area (Å²) in [6.07, 6.45) is 2.00. The van der Waals surface area contributed by atoms with Crippen LogP contribution in [0.2, 0.25) is 0 Å². The number of hydrogen-bond donors (Lipinski definition) is 2. The van der Waals surface area contributed by atoms with Crippen molar-refractivity contribution >= 4 is 15.7 Å². The van der Waals surface area contributed by atoms with Gasteiger partial charge >= 0.3 is 0 Å². The molecule has 0 amide bonds. The molecule has 4 N–H and O–H groups in total. The number of hydrogen-bond acceptors (Lipinski definition) is 5. The van der Waals surface area contributed by atoms with Crippen LogP contribution in [0.1, 0.15) is 12.8 Å². The Morgan fingerprint density at radius 2 is 2.22 bits per heavy atom. The topological polar surface area (TPSA) is 105 Å². The van der Waals surface area contributed by atoms with Crippen molar-refractivity contribution in [2.24, 2.45) is 5.14 Å². The van der Waals surface area contributed by atoms with Gasteiger partial charge in [-0.05, 0) is 25.0 Å². The monoisotopic (exact) mass is 272 g/mol. The zero-order valence-electron chi connectivity index (χ0n) is 9.83. The molecule has 1 aliphatic rings. The molecule has 0 bridgehead atoms. The normalized spacial score (nSPS) is 19.9. The number of ether oxygens (including phenoxy) is 2. The molecule has 1 atom stereocenters. The fourth-order valence-electron chi connectivity index (χ4n) is 1.86. The van der Waals surface area contributed by atoms with Crippen molar-refractivity contribution in [3.8, 4) is 5.75 Å². The average Bonchev–Trinajstić information content (AvgIpc) is 2.79. The van der Waals surface area contributed by atoms with Gasteiger partial charge in [-0.3, -0.25) is 0 Å². The first-order valence-corrected chi connectivity index (χ1v) is 7.19. The summed E-state index contributed by atoms with van der Waals surface area (Å²) in [5, 5.41) is 5.06. The van der Waals surface area contributed by atoms with E-state index in [4.69, 9.17) is 20.3 Å². The molecule has 1 heterocycles. The highest BCUT2D eigenvalue weighted by atomic mass is 32.2. The molecule has 1 fully saturated rings. The number of benzene rings is 1. The molecule has 1 aromatic rings. The lowest BCUT2D eigenvalue weighted by Crippen LogP contribution is -2.18. The molecule has 0 saturated carbocycles. The molecule has 0 aromatic heterocycles. The molecular weight excluding hydrogens is 256 g/mol. The standard InChI is InChI=1S/C11H16N2O4S/c12-11-9(17-7-8-3-2-6-16-8)4-1-5-10(11)18(13,14)15/h1,4-5,8H,2-3,6-7,12H2,(H2,13,14,15). The minimum Gasteiger partial charge on any atom is -0.489 e. The van der Waals surface area contributed by atoms with Crippen molar-refractivity contribution in [3.63, 3.8) is 0 Å². The van der Waals surface area contributed by atoms with Crippen LogP contribution in [-0.2, 0) is 14.8 Å². The largest absolute Gasteiger partial charge is 0.489 e. The van der Waals surface area contributed by atoms with Crippen molar-refractivity contribution in [2.75, 3.05) is 18.9 Å². The van der Waals surface area contributed by atoms with E-state index in [1.54, 1.807) is 12.1 Å².